The number of pyridine rings is 1. The lowest BCUT2D eigenvalue weighted by Crippen LogP contribution is -2.50. The predicted octanol–water partition coefficient (Wildman–Crippen LogP) is 2.02. The Hall–Kier alpha value is -2.89. The maximum absolute atomic E-state index is 12.6. The van der Waals surface area contributed by atoms with E-state index < -0.39 is 0 Å². The number of amides is 2. The molecule has 1 aromatic carbocycles. The third-order valence-corrected chi connectivity index (χ3v) is 4.68. The van der Waals surface area contributed by atoms with Crippen LogP contribution in [0.4, 0.5) is 5.69 Å². The van der Waals surface area contributed by atoms with Crippen molar-refractivity contribution in [1.29, 1.82) is 0 Å². The summed E-state index contributed by atoms with van der Waals surface area (Å²) in [5, 5.41) is 0. The maximum Gasteiger partial charge on any atom is 0.272 e. The van der Waals surface area contributed by atoms with Crippen LogP contribution in [0.1, 0.15) is 23.0 Å². The van der Waals surface area contributed by atoms with Crippen LogP contribution in [-0.2, 0) is 11.3 Å². The quantitative estimate of drug-likeness (QED) is 0.845. The van der Waals surface area contributed by atoms with Crippen LogP contribution in [0.25, 0.3) is 0 Å². The first-order valence-electron chi connectivity index (χ1n) is 8.80. The summed E-state index contributed by atoms with van der Waals surface area (Å²) >= 11 is 0. The largest absolute Gasteiger partial charge is 0.369 e. The second-order valence-electron chi connectivity index (χ2n) is 6.54. The molecule has 1 fully saturated rings. The van der Waals surface area contributed by atoms with Crippen molar-refractivity contribution in [2.24, 2.45) is 0 Å². The van der Waals surface area contributed by atoms with Gasteiger partial charge in [-0.3, -0.25) is 9.59 Å². The zero-order chi connectivity index (χ0) is 18.5. The van der Waals surface area contributed by atoms with Crippen molar-refractivity contribution >= 4 is 17.5 Å². The van der Waals surface area contributed by atoms with Gasteiger partial charge in [0.25, 0.3) is 5.91 Å². The smallest absolute Gasteiger partial charge is 0.272 e. The fourth-order valence-electron chi connectivity index (χ4n) is 3.07. The van der Waals surface area contributed by atoms with Crippen LogP contribution < -0.4 is 4.90 Å². The molecule has 3 rings (SSSR count). The van der Waals surface area contributed by atoms with Gasteiger partial charge in [-0.15, -0.1) is 0 Å². The molecule has 6 heteroatoms. The predicted molar refractivity (Wildman–Crippen MR) is 101 cm³/mol. The van der Waals surface area contributed by atoms with Gasteiger partial charge in [0.2, 0.25) is 5.91 Å². The molecular formula is C20H24N4O2. The molecule has 1 aliphatic heterocycles. The normalized spacial score (nSPS) is 14.2. The Morgan fingerprint density at radius 2 is 1.65 bits per heavy atom. The number of hydrogen-bond donors (Lipinski definition) is 0. The molecule has 2 aromatic rings. The second-order valence-corrected chi connectivity index (χ2v) is 6.54. The van der Waals surface area contributed by atoms with Gasteiger partial charge >= 0.3 is 0 Å². The van der Waals surface area contributed by atoms with Crippen molar-refractivity contribution < 1.29 is 9.59 Å². The van der Waals surface area contributed by atoms with Crippen LogP contribution in [0.3, 0.4) is 0 Å². The van der Waals surface area contributed by atoms with Gasteiger partial charge in [-0.2, -0.15) is 0 Å². The van der Waals surface area contributed by atoms with E-state index in [4.69, 9.17) is 0 Å². The Labute approximate surface area is 154 Å². The Morgan fingerprint density at radius 1 is 1.00 bits per heavy atom. The highest BCUT2D eigenvalue weighted by molar-refractivity contribution is 5.92. The number of aromatic nitrogens is 1. The number of rotatable bonds is 4. The number of nitrogens with zero attached hydrogens (tertiary/aromatic N) is 4. The molecule has 0 radical (unpaired) electrons. The standard InChI is InChI=1S/C20H24N4O2/c1-16(25)23-10-12-24(13-11-23)20(26)19-9-8-18(14-21-19)22(2)15-17-6-4-3-5-7-17/h3-9,14H,10-13,15H2,1-2H3. The SMILES string of the molecule is CC(=O)N1CCN(C(=O)c2ccc(N(C)Cc3ccccc3)cn2)CC1. The molecule has 0 bridgehead atoms. The Bertz CT molecular complexity index is 753. The monoisotopic (exact) mass is 352 g/mol. The minimum absolute atomic E-state index is 0.0565. The molecule has 26 heavy (non-hydrogen) atoms. The molecule has 0 aliphatic carbocycles. The van der Waals surface area contributed by atoms with Crippen molar-refractivity contribution in [3.8, 4) is 0 Å². The summed E-state index contributed by atoms with van der Waals surface area (Å²) < 4.78 is 0. The van der Waals surface area contributed by atoms with Crippen LogP contribution >= 0.6 is 0 Å². The van der Waals surface area contributed by atoms with Gasteiger partial charge < -0.3 is 14.7 Å². The lowest BCUT2D eigenvalue weighted by Gasteiger charge is -2.34. The fraction of sp³-hybridized carbons (Fsp3) is 0.350. The highest BCUT2D eigenvalue weighted by Gasteiger charge is 2.23. The number of piperazine rings is 1. The lowest BCUT2D eigenvalue weighted by atomic mass is 10.2. The summed E-state index contributed by atoms with van der Waals surface area (Å²) in [5.74, 6) is -0.0218. The fourth-order valence-corrected chi connectivity index (χ4v) is 3.07. The van der Waals surface area contributed by atoms with Crippen molar-refractivity contribution in [3.05, 3.63) is 59.9 Å². The topological polar surface area (TPSA) is 56.8 Å². The van der Waals surface area contributed by atoms with Gasteiger partial charge in [0.1, 0.15) is 5.69 Å². The number of hydrogen-bond acceptors (Lipinski definition) is 4. The van der Waals surface area contributed by atoms with E-state index in [1.807, 2.05) is 31.3 Å². The highest BCUT2D eigenvalue weighted by Crippen LogP contribution is 2.16. The summed E-state index contributed by atoms with van der Waals surface area (Å²) in [6.07, 6.45) is 1.74. The number of carbonyl (C=O) groups excluding carboxylic acids is 2. The first-order valence-corrected chi connectivity index (χ1v) is 8.80. The Balaban J connectivity index is 1.60. The molecule has 0 saturated carbocycles. The van der Waals surface area contributed by atoms with E-state index in [1.165, 1.54) is 5.56 Å². The Kier molecular flexibility index (Phi) is 5.51. The van der Waals surface area contributed by atoms with Crippen molar-refractivity contribution in [2.45, 2.75) is 13.5 Å². The average molecular weight is 352 g/mol. The molecule has 0 spiro atoms. The van der Waals surface area contributed by atoms with Crippen molar-refractivity contribution in [2.75, 3.05) is 38.1 Å². The summed E-state index contributed by atoms with van der Waals surface area (Å²) in [7, 11) is 2.01. The molecule has 0 unspecified atom stereocenters. The second kappa shape index (κ2) is 7.99. The van der Waals surface area contributed by atoms with Crippen molar-refractivity contribution in [3.63, 3.8) is 0 Å². The summed E-state index contributed by atoms with van der Waals surface area (Å²) in [5.41, 5.74) is 2.63. The zero-order valence-electron chi connectivity index (χ0n) is 15.3. The van der Waals surface area contributed by atoms with Gasteiger partial charge in [0, 0.05) is 46.7 Å². The van der Waals surface area contributed by atoms with Crippen LogP contribution in [-0.4, -0.2) is 59.8 Å². The number of anilines is 1. The van der Waals surface area contributed by atoms with E-state index in [0.29, 0.717) is 31.9 Å². The van der Waals surface area contributed by atoms with Gasteiger partial charge in [-0.25, -0.2) is 4.98 Å². The van der Waals surface area contributed by atoms with Crippen LogP contribution in [0.2, 0.25) is 0 Å². The van der Waals surface area contributed by atoms with E-state index in [-0.39, 0.29) is 11.8 Å². The summed E-state index contributed by atoms with van der Waals surface area (Å²) in [6.45, 7) is 4.61. The van der Waals surface area contributed by atoms with Crippen LogP contribution in [0.15, 0.2) is 48.7 Å². The lowest BCUT2D eigenvalue weighted by molar-refractivity contribution is -0.130. The molecule has 6 nitrogen and oxygen atoms in total. The van der Waals surface area contributed by atoms with Crippen LogP contribution in [0.5, 0.6) is 0 Å². The minimum atomic E-state index is -0.0783. The van der Waals surface area contributed by atoms with Crippen LogP contribution in [0, 0.1) is 0 Å². The van der Waals surface area contributed by atoms with Gasteiger partial charge in [0.05, 0.1) is 11.9 Å². The molecule has 2 amide bonds. The van der Waals surface area contributed by atoms with Gasteiger partial charge in [-0.05, 0) is 17.7 Å². The number of benzene rings is 1. The molecule has 0 atom stereocenters. The third kappa shape index (κ3) is 4.20. The molecule has 0 N–H and O–H groups in total. The number of carbonyl (C=O) groups is 2. The first kappa shape index (κ1) is 17.9. The van der Waals surface area contributed by atoms with E-state index >= 15 is 0 Å². The van der Waals surface area contributed by atoms with Crippen molar-refractivity contribution in [1.82, 2.24) is 14.8 Å². The highest BCUT2D eigenvalue weighted by atomic mass is 16.2. The molecule has 1 saturated heterocycles. The van der Waals surface area contributed by atoms with E-state index in [2.05, 4.69) is 22.0 Å². The first-order chi connectivity index (χ1) is 12.5. The zero-order valence-corrected chi connectivity index (χ0v) is 15.3. The summed E-state index contributed by atoms with van der Waals surface area (Å²) in [6, 6.07) is 13.9. The maximum atomic E-state index is 12.6. The molecule has 1 aliphatic rings. The van der Waals surface area contributed by atoms with Gasteiger partial charge in [-0.1, -0.05) is 30.3 Å². The molecule has 1 aromatic heterocycles. The van der Waals surface area contributed by atoms with E-state index in [1.54, 1.807) is 29.0 Å². The molecular weight excluding hydrogens is 328 g/mol. The summed E-state index contributed by atoms with van der Waals surface area (Å²) in [4.78, 5) is 34.0. The minimum Gasteiger partial charge on any atom is -0.369 e. The van der Waals surface area contributed by atoms with E-state index in [0.717, 1.165) is 12.2 Å². The van der Waals surface area contributed by atoms with Gasteiger partial charge in [0.15, 0.2) is 0 Å². The third-order valence-electron chi connectivity index (χ3n) is 4.68. The average Bonchev–Trinajstić information content (AvgIpc) is 2.68. The molecule has 136 valence electrons. The Morgan fingerprint density at radius 3 is 2.23 bits per heavy atom. The van der Waals surface area contributed by atoms with E-state index in [9.17, 15) is 9.59 Å². The molecule has 2 heterocycles.